The van der Waals surface area contributed by atoms with Gasteiger partial charge in [-0.2, -0.15) is 0 Å². The Hall–Kier alpha value is -1.30. The summed E-state index contributed by atoms with van der Waals surface area (Å²) in [5.74, 6) is 0. The van der Waals surface area contributed by atoms with Crippen LogP contribution in [0.25, 0.3) is 0 Å². The van der Waals surface area contributed by atoms with Crippen molar-refractivity contribution in [2.24, 2.45) is 5.73 Å². The fourth-order valence-electron chi connectivity index (χ4n) is 1.32. The monoisotopic (exact) mass is 295 g/mol. The van der Waals surface area contributed by atoms with Crippen molar-refractivity contribution in [2.45, 2.75) is 9.92 Å². The summed E-state index contributed by atoms with van der Waals surface area (Å²) in [6.45, 7) is 0. The molecular formula is C12H10ClN3S2. The number of hydrogen-bond donors (Lipinski definition) is 2. The van der Waals surface area contributed by atoms with Crippen molar-refractivity contribution in [3.63, 3.8) is 0 Å². The highest BCUT2D eigenvalue weighted by Crippen LogP contribution is 2.33. The number of thiocarbonyl (C=S) groups is 1. The van der Waals surface area contributed by atoms with Gasteiger partial charge in [-0.05, 0) is 42.5 Å². The van der Waals surface area contributed by atoms with Crippen molar-refractivity contribution in [1.82, 2.24) is 4.98 Å². The van der Waals surface area contributed by atoms with Crippen molar-refractivity contribution < 1.29 is 0 Å². The van der Waals surface area contributed by atoms with Crippen molar-refractivity contribution in [3.05, 3.63) is 47.6 Å². The molecule has 0 saturated heterocycles. The Bertz CT molecular complexity index is 561. The van der Waals surface area contributed by atoms with Crippen LogP contribution in [0, 0.1) is 0 Å². The first-order chi connectivity index (χ1) is 8.65. The van der Waals surface area contributed by atoms with Crippen molar-refractivity contribution in [3.8, 4) is 0 Å². The predicted molar refractivity (Wildman–Crippen MR) is 80.2 cm³/mol. The van der Waals surface area contributed by atoms with Crippen LogP contribution < -0.4 is 11.1 Å². The summed E-state index contributed by atoms with van der Waals surface area (Å²) >= 11 is 12.5. The molecule has 0 unspecified atom stereocenters. The minimum Gasteiger partial charge on any atom is -0.376 e. The topological polar surface area (TPSA) is 50.9 Å². The number of nitrogens with one attached hydrogen (secondary N) is 1. The number of nitrogens with two attached hydrogens (primary N) is 1. The highest BCUT2D eigenvalue weighted by atomic mass is 35.5. The zero-order valence-corrected chi connectivity index (χ0v) is 11.6. The van der Waals surface area contributed by atoms with Gasteiger partial charge < -0.3 is 11.1 Å². The van der Waals surface area contributed by atoms with Gasteiger partial charge in [0.1, 0.15) is 5.03 Å². The molecule has 0 aliphatic carbocycles. The zero-order chi connectivity index (χ0) is 13.0. The molecule has 2 aromatic rings. The Labute approximate surface area is 120 Å². The summed E-state index contributed by atoms with van der Waals surface area (Å²) in [5, 5.41) is 4.58. The number of hydrogen-bond acceptors (Lipinski definition) is 3. The Morgan fingerprint density at radius 1 is 1.33 bits per heavy atom. The molecule has 0 amide bonds. The normalized spacial score (nSPS) is 10.1. The van der Waals surface area contributed by atoms with Gasteiger partial charge in [0.15, 0.2) is 5.11 Å². The molecule has 92 valence electrons. The molecule has 18 heavy (non-hydrogen) atoms. The van der Waals surface area contributed by atoms with Crippen LogP contribution in [0.4, 0.5) is 5.69 Å². The van der Waals surface area contributed by atoms with Crippen molar-refractivity contribution in [2.75, 3.05) is 5.32 Å². The lowest BCUT2D eigenvalue weighted by Crippen LogP contribution is -2.18. The van der Waals surface area contributed by atoms with E-state index in [1.807, 2.05) is 30.3 Å². The number of pyridine rings is 1. The second kappa shape index (κ2) is 6.04. The third kappa shape index (κ3) is 3.60. The average molecular weight is 296 g/mol. The molecule has 2 rings (SSSR count). The largest absolute Gasteiger partial charge is 0.376 e. The highest BCUT2D eigenvalue weighted by molar-refractivity contribution is 7.99. The maximum atomic E-state index is 6.19. The molecule has 0 saturated carbocycles. The van der Waals surface area contributed by atoms with E-state index in [0.29, 0.717) is 5.02 Å². The molecule has 1 aromatic carbocycles. The van der Waals surface area contributed by atoms with Crippen LogP contribution in [-0.2, 0) is 0 Å². The van der Waals surface area contributed by atoms with Crippen LogP contribution >= 0.6 is 35.6 Å². The molecule has 0 fully saturated rings. The lowest BCUT2D eigenvalue weighted by atomic mass is 10.3. The third-order valence-electron chi connectivity index (χ3n) is 2.05. The van der Waals surface area contributed by atoms with Crippen LogP contribution in [-0.4, -0.2) is 10.1 Å². The number of anilines is 1. The Kier molecular flexibility index (Phi) is 4.41. The quantitative estimate of drug-likeness (QED) is 0.848. The molecule has 3 N–H and O–H groups in total. The van der Waals surface area contributed by atoms with Gasteiger partial charge >= 0.3 is 0 Å². The highest BCUT2D eigenvalue weighted by Gasteiger charge is 2.05. The number of aromatic nitrogens is 1. The van der Waals surface area contributed by atoms with E-state index in [4.69, 9.17) is 29.6 Å². The van der Waals surface area contributed by atoms with E-state index in [0.717, 1.165) is 15.6 Å². The molecule has 6 heteroatoms. The molecule has 0 atom stereocenters. The standard InChI is InChI=1S/C12H10ClN3S2/c13-9-7-8(16-12(14)17)4-5-10(9)18-11-3-1-2-6-15-11/h1-7H,(H3,14,16,17). The van der Waals surface area contributed by atoms with E-state index in [9.17, 15) is 0 Å². The second-order valence-corrected chi connectivity index (χ2v) is 5.31. The van der Waals surface area contributed by atoms with E-state index in [2.05, 4.69) is 10.3 Å². The minimum atomic E-state index is 0.219. The fourth-order valence-corrected chi connectivity index (χ4v) is 2.52. The van der Waals surface area contributed by atoms with Crippen LogP contribution in [0.5, 0.6) is 0 Å². The van der Waals surface area contributed by atoms with Gasteiger partial charge in [0.25, 0.3) is 0 Å². The molecule has 0 radical (unpaired) electrons. The van der Waals surface area contributed by atoms with Crippen LogP contribution in [0.3, 0.4) is 0 Å². The van der Waals surface area contributed by atoms with E-state index in [1.54, 1.807) is 12.3 Å². The van der Waals surface area contributed by atoms with Crippen LogP contribution in [0.2, 0.25) is 5.02 Å². The molecule has 0 spiro atoms. The Morgan fingerprint density at radius 3 is 2.78 bits per heavy atom. The summed E-state index contributed by atoms with van der Waals surface area (Å²) in [5.41, 5.74) is 6.17. The summed E-state index contributed by atoms with van der Waals surface area (Å²) in [6, 6.07) is 11.3. The zero-order valence-electron chi connectivity index (χ0n) is 9.26. The van der Waals surface area contributed by atoms with Crippen LogP contribution in [0.15, 0.2) is 52.5 Å². The van der Waals surface area contributed by atoms with Gasteiger partial charge in [-0.3, -0.25) is 0 Å². The Balaban J connectivity index is 2.17. The molecule has 0 bridgehead atoms. The number of nitrogens with zero attached hydrogens (tertiary/aromatic N) is 1. The summed E-state index contributed by atoms with van der Waals surface area (Å²) in [7, 11) is 0. The molecule has 3 nitrogen and oxygen atoms in total. The summed E-state index contributed by atoms with van der Waals surface area (Å²) < 4.78 is 0. The molecule has 1 heterocycles. The minimum absolute atomic E-state index is 0.219. The first-order valence-corrected chi connectivity index (χ1v) is 6.70. The first kappa shape index (κ1) is 13.1. The van der Waals surface area contributed by atoms with Crippen molar-refractivity contribution in [1.29, 1.82) is 0 Å². The molecule has 1 aromatic heterocycles. The Morgan fingerprint density at radius 2 is 2.17 bits per heavy atom. The van der Waals surface area contributed by atoms with Gasteiger partial charge in [-0.1, -0.05) is 29.4 Å². The number of rotatable bonds is 3. The van der Waals surface area contributed by atoms with E-state index in [-0.39, 0.29) is 5.11 Å². The molecular weight excluding hydrogens is 286 g/mol. The maximum Gasteiger partial charge on any atom is 0.168 e. The molecule has 0 aliphatic heterocycles. The van der Waals surface area contributed by atoms with E-state index in [1.165, 1.54) is 11.8 Å². The maximum absolute atomic E-state index is 6.19. The predicted octanol–water partition coefficient (Wildman–Crippen LogP) is 3.54. The van der Waals surface area contributed by atoms with Gasteiger partial charge in [-0.15, -0.1) is 0 Å². The van der Waals surface area contributed by atoms with Crippen molar-refractivity contribution >= 4 is 46.4 Å². The molecule has 0 aliphatic rings. The first-order valence-electron chi connectivity index (χ1n) is 5.10. The van der Waals surface area contributed by atoms with Gasteiger partial charge in [0.05, 0.1) is 5.02 Å². The lowest BCUT2D eigenvalue weighted by molar-refractivity contribution is 1.13. The van der Waals surface area contributed by atoms with Gasteiger partial charge in [0, 0.05) is 16.8 Å². The van der Waals surface area contributed by atoms with Crippen LogP contribution in [0.1, 0.15) is 0 Å². The van der Waals surface area contributed by atoms with E-state index < -0.39 is 0 Å². The smallest absolute Gasteiger partial charge is 0.168 e. The second-order valence-electron chi connectivity index (χ2n) is 3.40. The average Bonchev–Trinajstić information content (AvgIpc) is 2.33. The van der Waals surface area contributed by atoms with Gasteiger partial charge in [0.2, 0.25) is 0 Å². The van der Waals surface area contributed by atoms with Gasteiger partial charge in [-0.25, -0.2) is 4.98 Å². The summed E-state index contributed by atoms with van der Waals surface area (Å²) in [6.07, 6.45) is 1.75. The van der Waals surface area contributed by atoms with E-state index >= 15 is 0 Å². The SMILES string of the molecule is NC(=S)Nc1ccc(Sc2ccccn2)c(Cl)c1. The third-order valence-corrected chi connectivity index (χ3v) is 3.61. The number of halogens is 1. The lowest BCUT2D eigenvalue weighted by Gasteiger charge is -2.07. The number of benzene rings is 1. The fraction of sp³-hybridized carbons (Fsp3) is 0. The summed E-state index contributed by atoms with van der Waals surface area (Å²) in [4.78, 5) is 5.17.